The molecule has 90 valence electrons. The number of halogens is 2. The zero-order valence-corrected chi connectivity index (χ0v) is 12.0. The largest absolute Gasteiger partial charge is 0.309 e. The van der Waals surface area contributed by atoms with Gasteiger partial charge in [0.2, 0.25) is 0 Å². The predicted octanol–water partition coefficient (Wildman–Crippen LogP) is 3.99. The Hall–Kier alpha value is -0.0600. The van der Waals surface area contributed by atoms with Gasteiger partial charge in [-0.15, -0.1) is 0 Å². The molecule has 1 aromatic carbocycles. The summed E-state index contributed by atoms with van der Waals surface area (Å²) in [6.45, 7) is 5.01. The van der Waals surface area contributed by atoms with E-state index in [0.29, 0.717) is 0 Å². The molecule has 0 bridgehead atoms. The highest BCUT2D eigenvalue weighted by Gasteiger charge is 2.14. The molecule has 0 aliphatic rings. The number of hydrogen-bond acceptors (Lipinski definition) is 2. The van der Waals surface area contributed by atoms with E-state index < -0.39 is 0 Å². The van der Waals surface area contributed by atoms with Gasteiger partial charge in [0.1, 0.15) is 5.82 Å². The van der Waals surface area contributed by atoms with Gasteiger partial charge in [-0.05, 0) is 30.5 Å². The maximum absolute atomic E-state index is 13.7. The Kier molecular flexibility index (Phi) is 6.39. The second kappa shape index (κ2) is 7.30. The first-order chi connectivity index (χ1) is 7.69. The summed E-state index contributed by atoms with van der Waals surface area (Å²) in [6, 6.07) is 5.20. The molecule has 0 spiro atoms. The lowest BCUT2D eigenvalue weighted by atomic mass is 10.1. The molecule has 4 heteroatoms. The summed E-state index contributed by atoms with van der Waals surface area (Å²) in [5.74, 6) is 1.82. The Morgan fingerprint density at radius 3 is 2.81 bits per heavy atom. The van der Waals surface area contributed by atoms with Crippen LogP contribution in [0.25, 0.3) is 0 Å². The summed E-state index contributed by atoms with van der Waals surface area (Å²) in [4.78, 5) is 0. The molecular weight excluding hydrogens is 289 g/mol. The molecule has 0 radical (unpaired) electrons. The number of hydrogen-bond donors (Lipinski definition) is 1. The zero-order chi connectivity index (χ0) is 12.0. The second-order valence-electron chi connectivity index (χ2n) is 3.44. The third-order valence-corrected chi connectivity index (χ3v) is 3.74. The van der Waals surface area contributed by atoms with Gasteiger partial charge in [0.25, 0.3) is 0 Å². The molecule has 0 saturated carbocycles. The van der Waals surface area contributed by atoms with Crippen LogP contribution >= 0.6 is 27.7 Å². The van der Waals surface area contributed by atoms with E-state index >= 15 is 0 Å². The summed E-state index contributed by atoms with van der Waals surface area (Å²) in [6.07, 6.45) is 0. The fourth-order valence-electron chi connectivity index (χ4n) is 1.52. The zero-order valence-electron chi connectivity index (χ0n) is 9.59. The highest BCUT2D eigenvalue weighted by Crippen LogP contribution is 2.24. The fourth-order valence-corrected chi connectivity index (χ4v) is 2.67. The minimum atomic E-state index is -0.133. The van der Waals surface area contributed by atoms with E-state index in [1.165, 1.54) is 6.07 Å². The molecule has 0 aliphatic carbocycles. The monoisotopic (exact) mass is 305 g/mol. The van der Waals surface area contributed by atoms with Crippen LogP contribution in [0.5, 0.6) is 0 Å². The molecule has 0 amide bonds. The SMILES string of the molecule is CCNC(CSCC)c1cc(Br)ccc1F. The summed E-state index contributed by atoms with van der Waals surface area (Å²) >= 11 is 5.20. The van der Waals surface area contributed by atoms with Crippen LogP contribution < -0.4 is 5.32 Å². The quantitative estimate of drug-likeness (QED) is 0.853. The third kappa shape index (κ3) is 4.07. The van der Waals surface area contributed by atoms with Crippen LogP contribution in [0.4, 0.5) is 4.39 Å². The van der Waals surface area contributed by atoms with Crippen LogP contribution in [-0.4, -0.2) is 18.1 Å². The van der Waals surface area contributed by atoms with Gasteiger partial charge in [-0.2, -0.15) is 11.8 Å². The van der Waals surface area contributed by atoms with Crippen molar-refractivity contribution in [1.29, 1.82) is 0 Å². The van der Waals surface area contributed by atoms with E-state index in [-0.39, 0.29) is 11.9 Å². The minimum absolute atomic E-state index is 0.0902. The van der Waals surface area contributed by atoms with E-state index in [2.05, 4.69) is 28.2 Å². The van der Waals surface area contributed by atoms with Crippen LogP contribution in [0.3, 0.4) is 0 Å². The van der Waals surface area contributed by atoms with Gasteiger partial charge in [0.05, 0.1) is 0 Å². The van der Waals surface area contributed by atoms with Crippen molar-refractivity contribution in [3.63, 3.8) is 0 Å². The average Bonchev–Trinajstić information content (AvgIpc) is 2.28. The van der Waals surface area contributed by atoms with Gasteiger partial charge < -0.3 is 5.32 Å². The normalized spacial score (nSPS) is 12.8. The molecule has 1 atom stereocenters. The van der Waals surface area contributed by atoms with Crippen molar-refractivity contribution in [2.75, 3.05) is 18.1 Å². The molecule has 16 heavy (non-hydrogen) atoms. The van der Waals surface area contributed by atoms with Crippen molar-refractivity contribution in [3.8, 4) is 0 Å². The standard InChI is InChI=1S/C12H17BrFNS/c1-3-15-12(8-16-4-2)10-7-9(13)5-6-11(10)14/h5-7,12,15H,3-4,8H2,1-2H3. The lowest BCUT2D eigenvalue weighted by molar-refractivity contribution is 0.545. The smallest absolute Gasteiger partial charge is 0.128 e. The van der Waals surface area contributed by atoms with Crippen LogP contribution in [-0.2, 0) is 0 Å². The van der Waals surface area contributed by atoms with Crippen LogP contribution in [0, 0.1) is 5.82 Å². The molecule has 1 N–H and O–H groups in total. The topological polar surface area (TPSA) is 12.0 Å². The van der Waals surface area contributed by atoms with E-state index in [0.717, 1.165) is 28.1 Å². The Bertz CT molecular complexity index is 333. The Labute approximate surface area is 109 Å². The molecule has 0 aromatic heterocycles. The van der Waals surface area contributed by atoms with Gasteiger partial charge in [-0.3, -0.25) is 0 Å². The number of nitrogens with one attached hydrogen (secondary N) is 1. The fraction of sp³-hybridized carbons (Fsp3) is 0.500. The first kappa shape index (κ1) is 14.0. The molecule has 0 saturated heterocycles. The second-order valence-corrected chi connectivity index (χ2v) is 5.67. The van der Waals surface area contributed by atoms with Crippen LogP contribution in [0.1, 0.15) is 25.5 Å². The van der Waals surface area contributed by atoms with E-state index in [9.17, 15) is 4.39 Å². The van der Waals surface area contributed by atoms with Crippen LogP contribution in [0.15, 0.2) is 22.7 Å². The van der Waals surface area contributed by atoms with Gasteiger partial charge >= 0.3 is 0 Å². The predicted molar refractivity (Wildman–Crippen MR) is 73.5 cm³/mol. The molecule has 1 unspecified atom stereocenters. The lowest BCUT2D eigenvalue weighted by Crippen LogP contribution is -2.24. The first-order valence-electron chi connectivity index (χ1n) is 5.45. The van der Waals surface area contributed by atoms with Crippen molar-refractivity contribution in [2.24, 2.45) is 0 Å². The lowest BCUT2D eigenvalue weighted by Gasteiger charge is -2.18. The maximum Gasteiger partial charge on any atom is 0.128 e. The average molecular weight is 306 g/mol. The van der Waals surface area contributed by atoms with Crippen molar-refractivity contribution in [1.82, 2.24) is 5.32 Å². The Morgan fingerprint density at radius 1 is 1.44 bits per heavy atom. The number of benzene rings is 1. The summed E-state index contributed by atoms with van der Waals surface area (Å²) < 4.78 is 14.6. The third-order valence-electron chi connectivity index (χ3n) is 2.27. The van der Waals surface area contributed by atoms with Gasteiger partial charge in [-0.1, -0.05) is 29.8 Å². The molecular formula is C12H17BrFNS. The number of thioether (sulfide) groups is 1. The molecule has 1 rings (SSSR count). The van der Waals surface area contributed by atoms with Crippen molar-refractivity contribution in [3.05, 3.63) is 34.1 Å². The van der Waals surface area contributed by atoms with Gasteiger partial charge in [-0.25, -0.2) is 4.39 Å². The van der Waals surface area contributed by atoms with Gasteiger partial charge in [0.15, 0.2) is 0 Å². The molecule has 0 aliphatic heterocycles. The first-order valence-corrected chi connectivity index (χ1v) is 7.39. The Balaban J connectivity index is 2.85. The van der Waals surface area contributed by atoms with Crippen LogP contribution in [0.2, 0.25) is 0 Å². The summed E-state index contributed by atoms with van der Waals surface area (Å²) in [5.41, 5.74) is 0.747. The maximum atomic E-state index is 13.7. The molecule has 0 heterocycles. The molecule has 1 aromatic rings. The summed E-state index contributed by atoms with van der Waals surface area (Å²) in [5, 5.41) is 3.32. The minimum Gasteiger partial charge on any atom is -0.309 e. The molecule has 0 fully saturated rings. The Morgan fingerprint density at radius 2 is 2.19 bits per heavy atom. The number of rotatable bonds is 6. The van der Waals surface area contributed by atoms with E-state index in [4.69, 9.17) is 0 Å². The van der Waals surface area contributed by atoms with E-state index in [1.807, 2.05) is 24.8 Å². The van der Waals surface area contributed by atoms with Crippen molar-refractivity contribution >= 4 is 27.7 Å². The highest BCUT2D eigenvalue weighted by atomic mass is 79.9. The van der Waals surface area contributed by atoms with E-state index in [1.54, 1.807) is 6.07 Å². The molecule has 1 nitrogen and oxygen atoms in total. The van der Waals surface area contributed by atoms with Gasteiger partial charge in [0, 0.05) is 21.8 Å². The highest BCUT2D eigenvalue weighted by molar-refractivity contribution is 9.10. The summed E-state index contributed by atoms with van der Waals surface area (Å²) in [7, 11) is 0. The van der Waals surface area contributed by atoms with Crippen molar-refractivity contribution in [2.45, 2.75) is 19.9 Å². The van der Waals surface area contributed by atoms with Crippen molar-refractivity contribution < 1.29 is 4.39 Å².